The third-order valence-electron chi connectivity index (χ3n) is 2.45. The van der Waals surface area contributed by atoms with Crippen LogP contribution in [0, 0.1) is 0 Å². The average Bonchev–Trinajstić information content (AvgIpc) is 2.39. The molecule has 19 heavy (non-hydrogen) atoms. The lowest BCUT2D eigenvalue weighted by Crippen LogP contribution is -2.44. The fourth-order valence-electron chi connectivity index (χ4n) is 1.54. The number of nitrogens with zero attached hydrogens (tertiary/aromatic N) is 2. The summed E-state index contributed by atoms with van der Waals surface area (Å²) in [6, 6.07) is 3.94. The maximum atomic E-state index is 13.9. The van der Waals surface area contributed by atoms with Gasteiger partial charge in [0.2, 0.25) is 0 Å². The molecule has 5 nitrogen and oxygen atoms in total. The highest BCUT2D eigenvalue weighted by Crippen LogP contribution is 2.28. The molecule has 0 fully saturated rings. The molecule has 1 N–H and O–H groups in total. The predicted molar refractivity (Wildman–Crippen MR) is 63.7 cm³/mol. The number of aliphatic hydroxyl groups excluding tert-OH is 1. The van der Waals surface area contributed by atoms with E-state index in [-0.39, 0.29) is 13.2 Å². The van der Waals surface area contributed by atoms with Crippen LogP contribution >= 0.6 is 0 Å². The summed E-state index contributed by atoms with van der Waals surface area (Å²) in [5.74, 6) is -5.13. The number of carbonyl (C=O) groups is 1. The zero-order chi connectivity index (χ0) is 14.5. The number of carbonyl (C=O) groups excluding carboxylic acids is 1. The van der Waals surface area contributed by atoms with Crippen LogP contribution < -0.4 is 0 Å². The van der Waals surface area contributed by atoms with Crippen LogP contribution in [0.5, 0.6) is 0 Å². The highest BCUT2D eigenvalue weighted by atomic mass is 19.3. The molecule has 0 aromatic carbocycles. The van der Waals surface area contributed by atoms with Crippen molar-refractivity contribution in [1.29, 1.82) is 0 Å². The first-order valence-electron chi connectivity index (χ1n) is 5.61. The third kappa shape index (κ3) is 3.93. The van der Waals surface area contributed by atoms with Crippen molar-refractivity contribution in [2.24, 2.45) is 0 Å². The molecule has 0 radical (unpaired) electrons. The van der Waals surface area contributed by atoms with Crippen LogP contribution in [0.1, 0.15) is 5.69 Å². The Balaban J connectivity index is 2.75. The van der Waals surface area contributed by atoms with Gasteiger partial charge in [-0.15, -0.1) is 0 Å². The number of alkyl halides is 2. The van der Waals surface area contributed by atoms with Gasteiger partial charge in [-0.2, -0.15) is 8.78 Å². The largest absolute Gasteiger partial charge is 0.389 e. The number of likely N-dealkylation sites (N-methyl/N-ethyl adjacent to an activating group) is 1. The number of hydrogen-bond donors (Lipinski definition) is 1. The Kier molecular flexibility index (Phi) is 5.31. The zero-order valence-electron chi connectivity index (χ0n) is 10.7. The molecule has 0 aliphatic rings. The molecule has 106 valence electrons. The number of hydrogen-bond acceptors (Lipinski definition) is 4. The third-order valence-corrected chi connectivity index (χ3v) is 2.45. The van der Waals surface area contributed by atoms with E-state index in [2.05, 4.69) is 9.72 Å². The zero-order valence-corrected chi connectivity index (χ0v) is 10.7. The Morgan fingerprint density at radius 2 is 2.26 bits per heavy atom. The normalized spacial score (nSPS) is 13.1. The smallest absolute Gasteiger partial charge is 0.366 e. The van der Waals surface area contributed by atoms with E-state index in [0.29, 0.717) is 0 Å². The second-order valence-corrected chi connectivity index (χ2v) is 4.08. The van der Waals surface area contributed by atoms with E-state index >= 15 is 0 Å². The highest BCUT2D eigenvalue weighted by Gasteiger charge is 2.44. The van der Waals surface area contributed by atoms with Gasteiger partial charge in [0, 0.05) is 26.9 Å². The van der Waals surface area contributed by atoms with Crippen LogP contribution in [-0.2, 0) is 15.5 Å². The standard InChI is InChI=1S/C12H16F2N2O3/c1-16(7-9(17)8-19-2)11(18)12(13,14)10-5-3-4-6-15-10/h3-6,9,17H,7-8H2,1-2H3. The van der Waals surface area contributed by atoms with Gasteiger partial charge in [-0.25, -0.2) is 0 Å². The second-order valence-electron chi connectivity index (χ2n) is 4.08. The molecule has 0 bridgehead atoms. The number of ether oxygens (including phenoxy) is 1. The van der Waals surface area contributed by atoms with Crippen molar-refractivity contribution in [1.82, 2.24) is 9.88 Å². The van der Waals surface area contributed by atoms with Crippen LogP contribution in [0.15, 0.2) is 24.4 Å². The molecule has 0 saturated heterocycles. The van der Waals surface area contributed by atoms with Crippen molar-refractivity contribution >= 4 is 5.91 Å². The first-order valence-corrected chi connectivity index (χ1v) is 5.61. The fraction of sp³-hybridized carbons (Fsp3) is 0.500. The van der Waals surface area contributed by atoms with E-state index < -0.39 is 23.6 Å². The number of amides is 1. The summed E-state index contributed by atoms with van der Waals surface area (Å²) >= 11 is 0. The maximum Gasteiger partial charge on any atom is 0.366 e. The minimum atomic E-state index is -3.72. The van der Waals surface area contributed by atoms with Crippen molar-refractivity contribution in [2.45, 2.75) is 12.0 Å². The van der Waals surface area contributed by atoms with Crippen molar-refractivity contribution in [3.05, 3.63) is 30.1 Å². The molecule has 7 heteroatoms. The lowest BCUT2D eigenvalue weighted by molar-refractivity contribution is -0.159. The van der Waals surface area contributed by atoms with E-state index in [4.69, 9.17) is 0 Å². The Bertz CT molecular complexity index is 415. The van der Waals surface area contributed by atoms with Gasteiger partial charge < -0.3 is 14.7 Å². The number of aromatic nitrogens is 1. The first kappa shape index (κ1) is 15.5. The highest BCUT2D eigenvalue weighted by molar-refractivity contribution is 5.84. The van der Waals surface area contributed by atoms with Crippen LogP contribution in [0.4, 0.5) is 8.78 Å². The van der Waals surface area contributed by atoms with Gasteiger partial charge in [-0.1, -0.05) is 6.07 Å². The molecule has 1 atom stereocenters. The molecular formula is C12H16F2N2O3. The average molecular weight is 274 g/mol. The summed E-state index contributed by atoms with van der Waals surface area (Å²) in [4.78, 5) is 15.9. The van der Waals surface area contributed by atoms with Crippen molar-refractivity contribution in [2.75, 3.05) is 27.3 Å². The van der Waals surface area contributed by atoms with Crippen LogP contribution in [-0.4, -0.2) is 54.3 Å². The number of halogens is 2. The Labute approximate surface area is 109 Å². The van der Waals surface area contributed by atoms with Gasteiger partial charge in [0.1, 0.15) is 5.69 Å². The molecule has 1 aromatic heterocycles. The summed E-state index contributed by atoms with van der Waals surface area (Å²) in [5, 5.41) is 9.43. The van der Waals surface area contributed by atoms with E-state index in [0.717, 1.165) is 11.0 Å². The minimum Gasteiger partial charge on any atom is -0.389 e. The molecule has 0 spiro atoms. The van der Waals surface area contributed by atoms with Crippen LogP contribution in [0.3, 0.4) is 0 Å². The van der Waals surface area contributed by atoms with Gasteiger partial charge >= 0.3 is 5.92 Å². The molecule has 0 saturated carbocycles. The summed E-state index contributed by atoms with van der Waals surface area (Å²) in [6.45, 7) is -0.276. The van der Waals surface area contributed by atoms with E-state index in [1.54, 1.807) is 0 Å². The van der Waals surface area contributed by atoms with Gasteiger partial charge in [0.25, 0.3) is 5.91 Å². The quantitative estimate of drug-likeness (QED) is 0.827. The number of aliphatic hydroxyl groups is 1. The molecular weight excluding hydrogens is 258 g/mol. The topological polar surface area (TPSA) is 62.7 Å². The monoisotopic (exact) mass is 274 g/mol. The number of rotatable bonds is 6. The van der Waals surface area contributed by atoms with Crippen molar-refractivity contribution in [3.8, 4) is 0 Å². The maximum absolute atomic E-state index is 13.9. The van der Waals surface area contributed by atoms with Crippen molar-refractivity contribution in [3.63, 3.8) is 0 Å². The van der Waals surface area contributed by atoms with E-state index in [1.165, 1.54) is 32.5 Å². The van der Waals surface area contributed by atoms with Crippen molar-refractivity contribution < 1.29 is 23.4 Å². The SMILES string of the molecule is COCC(O)CN(C)C(=O)C(F)(F)c1ccccn1. The van der Waals surface area contributed by atoms with Gasteiger partial charge in [0.15, 0.2) is 0 Å². The van der Waals surface area contributed by atoms with Gasteiger partial charge in [-0.3, -0.25) is 9.78 Å². The second kappa shape index (κ2) is 6.53. The van der Waals surface area contributed by atoms with Gasteiger partial charge in [-0.05, 0) is 12.1 Å². The number of pyridine rings is 1. The first-order chi connectivity index (χ1) is 8.89. The van der Waals surface area contributed by atoms with E-state index in [9.17, 15) is 18.7 Å². The Morgan fingerprint density at radius 1 is 1.58 bits per heavy atom. The lowest BCUT2D eigenvalue weighted by atomic mass is 10.2. The molecule has 0 aliphatic carbocycles. The predicted octanol–water partition coefficient (Wildman–Crippen LogP) is 0.639. The van der Waals surface area contributed by atoms with Gasteiger partial charge in [0.05, 0.1) is 12.7 Å². The molecule has 1 aromatic rings. The molecule has 1 heterocycles. The lowest BCUT2D eigenvalue weighted by Gasteiger charge is -2.24. The number of methoxy groups -OCH3 is 1. The minimum absolute atomic E-state index is 0.0349. The summed E-state index contributed by atoms with van der Waals surface area (Å²) in [5.41, 5.74) is -0.618. The Hall–Kier alpha value is -1.60. The van der Waals surface area contributed by atoms with E-state index in [1.807, 2.05) is 0 Å². The Morgan fingerprint density at radius 3 is 2.79 bits per heavy atom. The summed E-state index contributed by atoms with van der Waals surface area (Å²) in [7, 11) is 2.56. The van der Waals surface area contributed by atoms with Crippen LogP contribution in [0.2, 0.25) is 0 Å². The molecule has 1 rings (SSSR count). The summed E-state index contributed by atoms with van der Waals surface area (Å²) in [6.07, 6.45) is 0.175. The summed E-state index contributed by atoms with van der Waals surface area (Å²) < 4.78 is 32.4. The molecule has 1 unspecified atom stereocenters. The van der Waals surface area contributed by atoms with Crippen LogP contribution in [0.25, 0.3) is 0 Å². The molecule has 1 amide bonds. The molecule has 0 aliphatic heterocycles. The fourth-order valence-corrected chi connectivity index (χ4v) is 1.54.